The molecule has 4 saturated heterocycles. The minimum Gasteiger partial charge on any atom is -0.472 e. The lowest BCUT2D eigenvalue weighted by Gasteiger charge is -2.50. The number of piperazine rings is 1. The van der Waals surface area contributed by atoms with E-state index in [-0.39, 0.29) is 53.6 Å². The smallest absolute Gasteiger partial charge is 0.417 e. The minimum atomic E-state index is -5.03. The Morgan fingerprint density at radius 2 is 1.98 bits per heavy atom. The first kappa shape index (κ1) is 28.9. The fourth-order valence-corrected chi connectivity index (χ4v) is 7.90. The summed E-state index contributed by atoms with van der Waals surface area (Å²) in [6.45, 7) is 5.69. The summed E-state index contributed by atoms with van der Waals surface area (Å²) in [4.78, 5) is 17.9. The second-order valence-electron chi connectivity index (χ2n) is 12.6. The normalized spacial score (nSPS) is 29.1. The van der Waals surface area contributed by atoms with E-state index in [1.54, 1.807) is 0 Å². The highest BCUT2D eigenvalue weighted by atomic mass is 19.4. The SMILES string of the molecule is Cc1c(F)c(N)cc(-c2nc3c4c(nc(OC[C@@H]5C[C@H]6COCCN65)nc4c2F)N2C[C@H]4CC[C@H](N4)[C@H]2[C@H](C)O3)c1C(F)(F)F. The molecule has 2 bridgehead atoms. The van der Waals surface area contributed by atoms with Gasteiger partial charge in [-0.05, 0) is 44.7 Å². The predicted molar refractivity (Wildman–Crippen MR) is 153 cm³/mol. The Balaban J connectivity index is 1.30. The van der Waals surface area contributed by atoms with Gasteiger partial charge >= 0.3 is 12.2 Å². The van der Waals surface area contributed by atoms with Crippen molar-refractivity contribution in [2.45, 2.75) is 75.6 Å². The van der Waals surface area contributed by atoms with Crippen molar-refractivity contribution in [2.75, 3.05) is 43.5 Å². The van der Waals surface area contributed by atoms with Gasteiger partial charge in [0.05, 0.1) is 30.5 Å². The molecule has 0 radical (unpaired) electrons. The van der Waals surface area contributed by atoms with E-state index in [1.807, 2.05) is 6.92 Å². The second-order valence-corrected chi connectivity index (χ2v) is 12.6. The summed E-state index contributed by atoms with van der Waals surface area (Å²) in [6, 6.07) is 1.11. The lowest BCUT2D eigenvalue weighted by Crippen LogP contribution is -2.63. The van der Waals surface area contributed by atoms with Crippen LogP contribution in [0.4, 0.5) is 33.5 Å². The molecular formula is C30H32F5N7O3. The summed E-state index contributed by atoms with van der Waals surface area (Å²) >= 11 is 0. The van der Waals surface area contributed by atoms with Crippen LogP contribution in [0.1, 0.15) is 37.3 Å². The first-order chi connectivity index (χ1) is 21.5. The van der Waals surface area contributed by atoms with Crippen molar-refractivity contribution in [3.63, 3.8) is 0 Å². The van der Waals surface area contributed by atoms with Gasteiger partial charge in [0.25, 0.3) is 0 Å². The number of nitrogens with two attached hydrogens (primary N) is 1. The van der Waals surface area contributed by atoms with E-state index in [2.05, 4.69) is 25.1 Å². The lowest BCUT2D eigenvalue weighted by molar-refractivity contribution is -0.137. The number of nitrogens with one attached hydrogen (secondary N) is 1. The fourth-order valence-electron chi connectivity index (χ4n) is 7.90. The van der Waals surface area contributed by atoms with Crippen LogP contribution in [0.25, 0.3) is 22.2 Å². The van der Waals surface area contributed by atoms with Crippen LogP contribution in [0.3, 0.4) is 0 Å². The minimum absolute atomic E-state index is 0.0522. The van der Waals surface area contributed by atoms with Crippen molar-refractivity contribution >= 4 is 22.4 Å². The van der Waals surface area contributed by atoms with Crippen LogP contribution in [0.15, 0.2) is 6.07 Å². The molecule has 15 heteroatoms. The Labute approximate surface area is 255 Å². The molecule has 6 atom stereocenters. The largest absolute Gasteiger partial charge is 0.472 e. The molecule has 0 unspecified atom stereocenters. The number of morpholine rings is 1. The molecular weight excluding hydrogens is 601 g/mol. The number of fused-ring (bicyclic) bond motifs is 6. The van der Waals surface area contributed by atoms with Crippen LogP contribution in [0, 0.1) is 18.6 Å². The van der Waals surface area contributed by atoms with E-state index >= 15 is 4.39 Å². The molecule has 45 heavy (non-hydrogen) atoms. The maximum atomic E-state index is 16.7. The Morgan fingerprint density at radius 1 is 1.16 bits per heavy atom. The summed E-state index contributed by atoms with van der Waals surface area (Å²) in [5.74, 6) is -2.11. The number of nitrogen functional groups attached to an aromatic ring is 1. The van der Waals surface area contributed by atoms with Crippen molar-refractivity contribution in [3.05, 3.63) is 28.8 Å². The third-order valence-electron chi connectivity index (χ3n) is 9.98. The predicted octanol–water partition coefficient (Wildman–Crippen LogP) is 3.82. The van der Waals surface area contributed by atoms with Crippen LogP contribution < -0.4 is 25.4 Å². The second kappa shape index (κ2) is 10.2. The molecule has 4 fully saturated rings. The van der Waals surface area contributed by atoms with Crippen LogP contribution in [-0.4, -0.2) is 89.1 Å². The molecule has 0 aliphatic carbocycles. The zero-order chi connectivity index (χ0) is 31.4. The molecule has 8 rings (SSSR count). The number of hydrogen-bond acceptors (Lipinski definition) is 10. The van der Waals surface area contributed by atoms with Gasteiger partial charge in [0.15, 0.2) is 5.82 Å². The van der Waals surface area contributed by atoms with Gasteiger partial charge in [-0.15, -0.1) is 0 Å². The molecule has 5 aliphatic heterocycles. The fraction of sp³-hybridized carbons (Fsp3) is 0.567. The highest BCUT2D eigenvalue weighted by Gasteiger charge is 2.48. The third kappa shape index (κ3) is 4.48. The van der Waals surface area contributed by atoms with E-state index in [1.165, 1.54) is 0 Å². The molecule has 3 N–H and O–H groups in total. The lowest BCUT2D eigenvalue weighted by atomic mass is 9.93. The van der Waals surface area contributed by atoms with Gasteiger partial charge in [-0.1, -0.05) is 0 Å². The molecule has 0 saturated carbocycles. The molecule has 10 nitrogen and oxygen atoms in total. The first-order valence-electron chi connectivity index (χ1n) is 15.2. The topological polar surface area (TPSA) is 111 Å². The summed E-state index contributed by atoms with van der Waals surface area (Å²) in [6.07, 6.45) is -2.81. The van der Waals surface area contributed by atoms with E-state index in [0.29, 0.717) is 31.6 Å². The van der Waals surface area contributed by atoms with Crippen molar-refractivity contribution in [3.8, 4) is 23.1 Å². The number of hydrogen-bond donors (Lipinski definition) is 2. The monoisotopic (exact) mass is 633 g/mol. The average molecular weight is 634 g/mol. The van der Waals surface area contributed by atoms with Crippen molar-refractivity contribution in [1.82, 2.24) is 25.2 Å². The van der Waals surface area contributed by atoms with Gasteiger partial charge < -0.3 is 30.2 Å². The van der Waals surface area contributed by atoms with E-state index in [9.17, 15) is 17.6 Å². The van der Waals surface area contributed by atoms with Gasteiger partial charge in [0.2, 0.25) is 5.88 Å². The number of rotatable bonds is 4. The maximum absolute atomic E-state index is 16.7. The summed E-state index contributed by atoms with van der Waals surface area (Å²) in [5.41, 5.74) is 1.38. The molecule has 0 amide bonds. The standard InChI is InChI=1S/C30H32F5N7O3/c1-12-21(30(33,34)35)17(8-18(36)22(12)31)24-23(32)25-20-27(40-29(39-25)44-11-16-7-15-10-43-6-5-41(15)16)42-9-14-3-4-19(37-14)26(42)13(2)45-28(20)38-24/h8,13-16,19,26,37H,3-7,9-11,36H2,1-2H3/t13-,14+,15-,16-,19-,26+/m0/s1. The number of benzene rings is 1. The molecule has 1 aromatic carbocycles. The highest BCUT2D eigenvalue weighted by Crippen LogP contribution is 2.47. The molecule has 240 valence electrons. The number of alkyl halides is 3. The molecule has 7 heterocycles. The Morgan fingerprint density at radius 3 is 2.76 bits per heavy atom. The van der Waals surface area contributed by atoms with Gasteiger partial charge in [-0.25, -0.2) is 13.8 Å². The Hall–Kier alpha value is -3.56. The summed E-state index contributed by atoms with van der Waals surface area (Å²) in [7, 11) is 0. The van der Waals surface area contributed by atoms with Crippen molar-refractivity contribution in [1.29, 1.82) is 0 Å². The quantitative estimate of drug-likeness (QED) is 0.325. The van der Waals surface area contributed by atoms with Gasteiger partial charge in [0.1, 0.15) is 40.9 Å². The van der Waals surface area contributed by atoms with Gasteiger partial charge in [0, 0.05) is 42.8 Å². The van der Waals surface area contributed by atoms with Crippen molar-refractivity contribution in [2.24, 2.45) is 0 Å². The van der Waals surface area contributed by atoms with Crippen LogP contribution >= 0.6 is 0 Å². The number of ether oxygens (including phenoxy) is 3. The van der Waals surface area contributed by atoms with Gasteiger partial charge in [-0.3, -0.25) is 4.90 Å². The zero-order valence-electron chi connectivity index (χ0n) is 24.6. The van der Waals surface area contributed by atoms with E-state index in [0.717, 1.165) is 38.8 Å². The van der Waals surface area contributed by atoms with Crippen LogP contribution in [0.2, 0.25) is 0 Å². The number of aromatic nitrogens is 3. The maximum Gasteiger partial charge on any atom is 0.417 e. The van der Waals surface area contributed by atoms with Crippen LogP contribution in [-0.2, 0) is 10.9 Å². The Kier molecular flexibility index (Phi) is 6.56. The molecule has 0 spiro atoms. The van der Waals surface area contributed by atoms with E-state index in [4.69, 9.17) is 24.9 Å². The van der Waals surface area contributed by atoms with E-state index < -0.39 is 52.0 Å². The molecule has 2 aromatic heterocycles. The molecule has 3 aromatic rings. The summed E-state index contributed by atoms with van der Waals surface area (Å²) < 4.78 is 92.4. The third-order valence-corrected chi connectivity index (χ3v) is 9.98. The number of nitrogens with zero attached hydrogens (tertiary/aromatic N) is 5. The number of pyridine rings is 1. The first-order valence-corrected chi connectivity index (χ1v) is 15.2. The van der Waals surface area contributed by atoms with Crippen molar-refractivity contribution < 1.29 is 36.2 Å². The average Bonchev–Trinajstić information content (AvgIpc) is 3.30. The summed E-state index contributed by atoms with van der Waals surface area (Å²) in [5, 5.41) is 3.76. The number of halogens is 5. The van der Waals surface area contributed by atoms with Gasteiger partial charge in [-0.2, -0.15) is 23.1 Å². The highest BCUT2D eigenvalue weighted by molar-refractivity contribution is 5.97. The zero-order valence-corrected chi connectivity index (χ0v) is 24.6. The number of anilines is 2. The Bertz CT molecular complexity index is 1710. The molecule has 5 aliphatic rings. The van der Waals surface area contributed by atoms with Crippen LogP contribution in [0.5, 0.6) is 11.9 Å².